The molecule has 1 aliphatic heterocycles. The van der Waals surface area contributed by atoms with Crippen LogP contribution < -0.4 is 5.32 Å². The summed E-state index contributed by atoms with van der Waals surface area (Å²) < 4.78 is 0. The summed E-state index contributed by atoms with van der Waals surface area (Å²) in [6.45, 7) is 1.96. The molecule has 1 heterocycles. The maximum atomic E-state index is 12.4. The summed E-state index contributed by atoms with van der Waals surface area (Å²) >= 11 is 7.39. The Kier molecular flexibility index (Phi) is 4.53. The summed E-state index contributed by atoms with van der Waals surface area (Å²) in [6.07, 6.45) is 1.91. The molecule has 1 saturated heterocycles. The van der Waals surface area contributed by atoms with Gasteiger partial charge in [-0.25, -0.2) is 4.99 Å². The number of nitrogens with one attached hydrogen (secondary N) is 1. The largest absolute Gasteiger partial charge is 0.300 e. The van der Waals surface area contributed by atoms with E-state index in [2.05, 4.69) is 28.5 Å². The molecule has 1 N–H and O–H groups in total. The average molecular weight is 379 g/mol. The van der Waals surface area contributed by atoms with E-state index >= 15 is 0 Å². The number of fused-ring (bicyclic) bond motifs is 1. The van der Waals surface area contributed by atoms with Crippen LogP contribution in [0.5, 0.6) is 0 Å². The van der Waals surface area contributed by atoms with E-state index in [9.17, 15) is 4.79 Å². The van der Waals surface area contributed by atoms with Gasteiger partial charge in [-0.15, -0.1) is 0 Å². The second-order valence-electron chi connectivity index (χ2n) is 5.98. The van der Waals surface area contributed by atoms with E-state index in [1.165, 1.54) is 11.8 Å². The maximum Gasteiger partial charge on any atom is 0.264 e. The predicted molar refractivity (Wildman–Crippen MR) is 111 cm³/mol. The smallest absolute Gasteiger partial charge is 0.264 e. The molecule has 128 valence electrons. The molecule has 5 heteroatoms. The molecule has 26 heavy (non-hydrogen) atoms. The molecule has 1 amide bonds. The van der Waals surface area contributed by atoms with Crippen molar-refractivity contribution in [2.24, 2.45) is 4.99 Å². The molecule has 0 spiro atoms. The fourth-order valence-electron chi connectivity index (χ4n) is 2.81. The molecule has 0 bridgehead atoms. The zero-order valence-corrected chi connectivity index (χ0v) is 15.6. The number of amides is 1. The number of aliphatic imine (C=N–C) groups is 1. The molecular weight excluding hydrogens is 364 g/mol. The van der Waals surface area contributed by atoms with Gasteiger partial charge in [0.25, 0.3) is 5.91 Å². The summed E-state index contributed by atoms with van der Waals surface area (Å²) in [6, 6.07) is 19.7. The van der Waals surface area contributed by atoms with Crippen molar-refractivity contribution in [2.75, 3.05) is 0 Å². The first kappa shape index (κ1) is 16.9. The molecule has 0 aromatic heterocycles. The number of halogens is 1. The second-order valence-corrected chi connectivity index (χ2v) is 7.45. The third-order valence-electron chi connectivity index (χ3n) is 4.15. The first-order valence-corrected chi connectivity index (χ1v) is 9.33. The number of aryl methyl sites for hydroxylation is 1. The van der Waals surface area contributed by atoms with E-state index in [1.807, 2.05) is 49.4 Å². The van der Waals surface area contributed by atoms with Gasteiger partial charge in [0.1, 0.15) is 0 Å². The Bertz CT molecular complexity index is 1080. The summed E-state index contributed by atoms with van der Waals surface area (Å²) in [5.74, 6) is -0.138. The van der Waals surface area contributed by atoms with Crippen molar-refractivity contribution in [3.8, 4) is 0 Å². The number of carbonyl (C=O) groups is 1. The Morgan fingerprint density at radius 3 is 2.77 bits per heavy atom. The minimum absolute atomic E-state index is 0.138. The molecule has 4 rings (SSSR count). The lowest BCUT2D eigenvalue weighted by Gasteiger charge is -2.02. The Labute approximate surface area is 160 Å². The minimum Gasteiger partial charge on any atom is -0.300 e. The second kappa shape index (κ2) is 6.98. The van der Waals surface area contributed by atoms with Crippen molar-refractivity contribution in [3.05, 3.63) is 81.7 Å². The van der Waals surface area contributed by atoms with E-state index < -0.39 is 0 Å². The molecular formula is C21H15ClN2OS. The highest BCUT2D eigenvalue weighted by Gasteiger charge is 2.24. The van der Waals surface area contributed by atoms with Crippen molar-refractivity contribution >= 4 is 57.0 Å². The molecule has 1 aliphatic rings. The van der Waals surface area contributed by atoms with Crippen LogP contribution in [0, 0.1) is 6.92 Å². The molecule has 3 aromatic carbocycles. The van der Waals surface area contributed by atoms with Crippen LogP contribution in [-0.2, 0) is 4.79 Å². The van der Waals surface area contributed by atoms with Crippen LogP contribution in [0.25, 0.3) is 16.8 Å². The highest BCUT2D eigenvalue weighted by molar-refractivity contribution is 8.18. The van der Waals surface area contributed by atoms with Gasteiger partial charge < -0.3 is 5.32 Å². The van der Waals surface area contributed by atoms with Gasteiger partial charge in [-0.05, 0) is 58.8 Å². The fourth-order valence-corrected chi connectivity index (χ4v) is 3.80. The lowest BCUT2D eigenvalue weighted by molar-refractivity contribution is -0.115. The molecule has 0 aliphatic carbocycles. The van der Waals surface area contributed by atoms with E-state index in [4.69, 9.17) is 11.6 Å². The third-order valence-corrected chi connectivity index (χ3v) is 5.30. The van der Waals surface area contributed by atoms with Crippen molar-refractivity contribution in [1.82, 2.24) is 5.32 Å². The van der Waals surface area contributed by atoms with Gasteiger partial charge in [0, 0.05) is 5.02 Å². The van der Waals surface area contributed by atoms with E-state index in [1.54, 1.807) is 6.07 Å². The number of amidine groups is 1. The SMILES string of the molecule is Cc1ccc(Cl)cc1N=C1NC(=O)/C(=C/c2cccc3ccccc23)S1. The summed E-state index contributed by atoms with van der Waals surface area (Å²) in [4.78, 5) is 17.5. The number of hydrogen-bond donors (Lipinski definition) is 1. The lowest BCUT2D eigenvalue weighted by atomic mass is 10.0. The standard InChI is InChI=1S/C21H15ClN2OS/c1-13-9-10-16(22)12-18(13)23-21-24-20(25)19(26-21)11-15-7-4-6-14-5-2-3-8-17(14)15/h2-12H,1H3,(H,23,24,25)/b19-11-. The molecule has 0 atom stereocenters. The molecule has 3 nitrogen and oxygen atoms in total. The number of thioether (sulfide) groups is 1. The number of benzene rings is 3. The molecule has 0 unspecified atom stereocenters. The minimum atomic E-state index is -0.138. The number of rotatable bonds is 2. The quantitative estimate of drug-likeness (QED) is 0.581. The van der Waals surface area contributed by atoms with Crippen LogP contribution in [0.1, 0.15) is 11.1 Å². The Balaban J connectivity index is 1.69. The van der Waals surface area contributed by atoms with Crippen molar-refractivity contribution in [3.63, 3.8) is 0 Å². The van der Waals surface area contributed by atoms with Crippen LogP contribution in [0.4, 0.5) is 5.69 Å². The van der Waals surface area contributed by atoms with Gasteiger partial charge in [-0.2, -0.15) is 0 Å². The van der Waals surface area contributed by atoms with Crippen molar-refractivity contribution < 1.29 is 4.79 Å². The summed E-state index contributed by atoms with van der Waals surface area (Å²) in [5, 5.41) is 6.28. The molecule has 3 aromatic rings. The summed E-state index contributed by atoms with van der Waals surface area (Å²) in [5.41, 5.74) is 2.77. The Morgan fingerprint density at radius 2 is 1.88 bits per heavy atom. The van der Waals surface area contributed by atoms with Gasteiger partial charge >= 0.3 is 0 Å². The number of hydrogen-bond acceptors (Lipinski definition) is 3. The average Bonchev–Trinajstić information content (AvgIpc) is 2.98. The fraction of sp³-hybridized carbons (Fsp3) is 0.0476. The van der Waals surface area contributed by atoms with Crippen LogP contribution in [0.2, 0.25) is 5.02 Å². The maximum absolute atomic E-state index is 12.4. The van der Waals surface area contributed by atoms with Gasteiger partial charge in [0.05, 0.1) is 10.6 Å². The first-order valence-electron chi connectivity index (χ1n) is 8.14. The van der Waals surface area contributed by atoms with Crippen LogP contribution in [0.15, 0.2) is 70.6 Å². The Morgan fingerprint density at radius 1 is 1.08 bits per heavy atom. The number of nitrogens with zero attached hydrogens (tertiary/aromatic N) is 1. The van der Waals surface area contributed by atoms with Crippen molar-refractivity contribution in [1.29, 1.82) is 0 Å². The zero-order chi connectivity index (χ0) is 18.1. The van der Waals surface area contributed by atoms with Crippen LogP contribution in [0.3, 0.4) is 0 Å². The number of carbonyl (C=O) groups excluding carboxylic acids is 1. The van der Waals surface area contributed by atoms with E-state index in [0.29, 0.717) is 15.1 Å². The summed E-state index contributed by atoms with van der Waals surface area (Å²) in [7, 11) is 0. The highest BCUT2D eigenvalue weighted by Crippen LogP contribution is 2.31. The van der Waals surface area contributed by atoms with Crippen LogP contribution >= 0.6 is 23.4 Å². The zero-order valence-electron chi connectivity index (χ0n) is 14.0. The normalized spacial score (nSPS) is 17.2. The first-order chi connectivity index (χ1) is 12.6. The van der Waals surface area contributed by atoms with E-state index in [-0.39, 0.29) is 5.91 Å². The Hall–Kier alpha value is -2.56. The predicted octanol–water partition coefficient (Wildman–Crippen LogP) is 5.69. The van der Waals surface area contributed by atoms with Gasteiger partial charge in [-0.3, -0.25) is 4.79 Å². The van der Waals surface area contributed by atoms with Gasteiger partial charge in [0.2, 0.25) is 0 Å². The lowest BCUT2D eigenvalue weighted by Crippen LogP contribution is -2.19. The van der Waals surface area contributed by atoms with Gasteiger partial charge in [0.15, 0.2) is 5.17 Å². The molecule has 1 fully saturated rings. The highest BCUT2D eigenvalue weighted by atomic mass is 35.5. The third kappa shape index (κ3) is 3.39. The topological polar surface area (TPSA) is 41.5 Å². The van der Waals surface area contributed by atoms with E-state index in [0.717, 1.165) is 27.6 Å². The van der Waals surface area contributed by atoms with Crippen LogP contribution in [-0.4, -0.2) is 11.1 Å². The van der Waals surface area contributed by atoms with Gasteiger partial charge in [-0.1, -0.05) is 60.1 Å². The molecule has 0 saturated carbocycles. The monoisotopic (exact) mass is 378 g/mol. The molecule has 0 radical (unpaired) electrons. The van der Waals surface area contributed by atoms with Crippen molar-refractivity contribution in [2.45, 2.75) is 6.92 Å².